The lowest BCUT2D eigenvalue weighted by atomic mass is 10.2. The zero-order valence-electron chi connectivity index (χ0n) is 10.4. The fourth-order valence-corrected chi connectivity index (χ4v) is 1.73. The SMILES string of the molecule is Nc1ccc(Oc2ccnc(-c3ccn[nH]3)c2)cc1F. The molecule has 0 amide bonds. The molecule has 2 aromatic heterocycles. The number of halogens is 1. The number of aromatic nitrogens is 3. The second kappa shape index (κ2) is 5.00. The van der Waals surface area contributed by atoms with Gasteiger partial charge in [0.05, 0.1) is 17.1 Å². The molecule has 100 valence electrons. The second-order valence-corrected chi connectivity index (χ2v) is 4.13. The normalized spacial score (nSPS) is 10.4. The van der Waals surface area contributed by atoms with Gasteiger partial charge in [-0.3, -0.25) is 10.1 Å². The monoisotopic (exact) mass is 270 g/mol. The quantitative estimate of drug-likeness (QED) is 0.717. The minimum absolute atomic E-state index is 0.0882. The highest BCUT2D eigenvalue weighted by Crippen LogP contribution is 2.26. The zero-order valence-corrected chi connectivity index (χ0v) is 10.4. The molecule has 0 atom stereocenters. The maximum Gasteiger partial charge on any atom is 0.149 e. The van der Waals surface area contributed by atoms with Crippen molar-refractivity contribution in [2.75, 3.05) is 5.73 Å². The van der Waals surface area contributed by atoms with Gasteiger partial charge in [0.2, 0.25) is 0 Å². The van der Waals surface area contributed by atoms with E-state index in [1.54, 1.807) is 36.7 Å². The Labute approximate surface area is 114 Å². The van der Waals surface area contributed by atoms with Crippen LogP contribution in [0.15, 0.2) is 48.8 Å². The van der Waals surface area contributed by atoms with Crippen LogP contribution in [-0.2, 0) is 0 Å². The molecule has 0 saturated carbocycles. The second-order valence-electron chi connectivity index (χ2n) is 4.13. The van der Waals surface area contributed by atoms with Crippen molar-refractivity contribution in [1.82, 2.24) is 15.2 Å². The van der Waals surface area contributed by atoms with E-state index in [9.17, 15) is 4.39 Å². The van der Waals surface area contributed by atoms with Gasteiger partial charge in [0.15, 0.2) is 0 Å². The van der Waals surface area contributed by atoms with Gasteiger partial charge in [-0.1, -0.05) is 0 Å². The first-order chi connectivity index (χ1) is 9.72. The summed E-state index contributed by atoms with van der Waals surface area (Å²) in [7, 11) is 0. The summed E-state index contributed by atoms with van der Waals surface area (Å²) < 4.78 is 18.9. The molecule has 0 aliphatic heterocycles. The van der Waals surface area contributed by atoms with Crippen LogP contribution in [0.5, 0.6) is 11.5 Å². The number of rotatable bonds is 3. The first-order valence-electron chi connectivity index (χ1n) is 5.91. The van der Waals surface area contributed by atoms with E-state index in [0.29, 0.717) is 17.2 Å². The van der Waals surface area contributed by atoms with Crippen molar-refractivity contribution in [2.45, 2.75) is 0 Å². The van der Waals surface area contributed by atoms with Gasteiger partial charge in [0, 0.05) is 24.5 Å². The van der Waals surface area contributed by atoms with E-state index in [1.165, 1.54) is 12.1 Å². The van der Waals surface area contributed by atoms with E-state index in [0.717, 1.165) is 5.69 Å². The summed E-state index contributed by atoms with van der Waals surface area (Å²) in [4.78, 5) is 4.21. The summed E-state index contributed by atoms with van der Waals surface area (Å²) in [5.41, 5.74) is 6.97. The van der Waals surface area contributed by atoms with Gasteiger partial charge in [0.25, 0.3) is 0 Å². The van der Waals surface area contributed by atoms with Crippen LogP contribution in [-0.4, -0.2) is 15.2 Å². The number of nitrogens with one attached hydrogen (secondary N) is 1. The number of anilines is 1. The van der Waals surface area contributed by atoms with Crippen molar-refractivity contribution in [3.63, 3.8) is 0 Å². The number of ether oxygens (including phenoxy) is 1. The number of H-pyrrole nitrogens is 1. The van der Waals surface area contributed by atoms with Crippen molar-refractivity contribution >= 4 is 5.69 Å². The largest absolute Gasteiger partial charge is 0.457 e. The topological polar surface area (TPSA) is 76.8 Å². The molecule has 0 bridgehead atoms. The molecule has 0 radical (unpaired) electrons. The number of hydrogen-bond acceptors (Lipinski definition) is 4. The molecule has 3 aromatic rings. The Morgan fingerprint density at radius 3 is 2.65 bits per heavy atom. The highest BCUT2D eigenvalue weighted by atomic mass is 19.1. The van der Waals surface area contributed by atoms with Crippen molar-refractivity contribution in [3.8, 4) is 22.9 Å². The summed E-state index contributed by atoms with van der Waals surface area (Å²) in [6.45, 7) is 0. The third kappa shape index (κ3) is 2.44. The van der Waals surface area contributed by atoms with E-state index in [-0.39, 0.29) is 5.69 Å². The zero-order chi connectivity index (χ0) is 13.9. The van der Waals surface area contributed by atoms with Crippen molar-refractivity contribution in [1.29, 1.82) is 0 Å². The molecule has 0 aliphatic carbocycles. The van der Waals surface area contributed by atoms with E-state index in [1.807, 2.05) is 0 Å². The van der Waals surface area contributed by atoms with Gasteiger partial charge in [-0.05, 0) is 24.3 Å². The summed E-state index contributed by atoms with van der Waals surface area (Å²) in [5.74, 6) is 0.414. The molecule has 3 rings (SSSR count). The van der Waals surface area contributed by atoms with Crippen LogP contribution in [0.2, 0.25) is 0 Å². The highest BCUT2D eigenvalue weighted by molar-refractivity contribution is 5.55. The molecule has 3 N–H and O–H groups in total. The Balaban J connectivity index is 1.87. The summed E-state index contributed by atoms with van der Waals surface area (Å²) in [5, 5.41) is 6.68. The predicted molar refractivity (Wildman–Crippen MR) is 72.7 cm³/mol. The van der Waals surface area contributed by atoms with Crippen LogP contribution >= 0.6 is 0 Å². The van der Waals surface area contributed by atoms with Crippen LogP contribution < -0.4 is 10.5 Å². The lowest BCUT2D eigenvalue weighted by molar-refractivity contribution is 0.477. The van der Waals surface area contributed by atoms with Gasteiger partial charge in [0.1, 0.15) is 17.3 Å². The summed E-state index contributed by atoms with van der Waals surface area (Å²) in [6, 6.07) is 9.53. The van der Waals surface area contributed by atoms with E-state index >= 15 is 0 Å². The minimum atomic E-state index is -0.509. The third-order valence-corrected chi connectivity index (χ3v) is 2.72. The average molecular weight is 270 g/mol. The maximum atomic E-state index is 13.4. The molecule has 0 fully saturated rings. The smallest absolute Gasteiger partial charge is 0.149 e. The number of nitrogens with two attached hydrogens (primary N) is 1. The Hall–Kier alpha value is -2.89. The van der Waals surface area contributed by atoms with Crippen LogP contribution in [0.25, 0.3) is 11.4 Å². The molecular formula is C14H11FN4O. The average Bonchev–Trinajstić information content (AvgIpc) is 2.97. The molecule has 1 aromatic carbocycles. The Kier molecular flexibility index (Phi) is 3.04. The Morgan fingerprint density at radius 1 is 1.05 bits per heavy atom. The molecule has 0 spiro atoms. The Morgan fingerprint density at radius 2 is 1.90 bits per heavy atom. The number of hydrogen-bond donors (Lipinski definition) is 2. The van der Waals surface area contributed by atoms with E-state index in [2.05, 4.69) is 15.2 Å². The van der Waals surface area contributed by atoms with Crippen molar-refractivity contribution in [3.05, 3.63) is 54.6 Å². The highest BCUT2D eigenvalue weighted by Gasteiger charge is 2.05. The summed E-state index contributed by atoms with van der Waals surface area (Å²) in [6.07, 6.45) is 3.25. The molecule has 6 heteroatoms. The molecule has 20 heavy (non-hydrogen) atoms. The lowest BCUT2D eigenvalue weighted by Crippen LogP contribution is -1.92. The Bertz CT molecular complexity index is 728. The molecule has 0 aliphatic rings. The third-order valence-electron chi connectivity index (χ3n) is 2.72. The predicted octanol–water partition coefficient (Wildman–Crippen LogP) is 2.99. The van der Waals surface area contributed by atoms with E-state index in [4.69, 9.17) is 10.5 Å². The summed E-state index contributed by atoms with van der Waals surface area (Å²) >= 11 is 0. The number of nitrogens with zero attached hydrogens (tertiary/aromatic N) is 2. The first kappa shape index (κ1) is 12.2. The van der Waals surface area contributed by atoms with Gasteiger partial charge in [-0.15, -0.1) is 0 Å². The number of pyridine rings is 1. The van der Waals surface area contributed by atoms with Gasteiger partial charge in [-0.2, -0.15) is 5.10 Å². The van der Waals surface area contributed by atoms with Gasteiger partial charge >= 0.3 is 0 Å². The van der Waals surface area contributed by atoms with Gasteiger partial charge in [-0.25, -0.2) is 4.39 Å². The number of nitrogen functional groups attached to an aromatic ring is 1. The van der Waals surface area contributed by atoms with Crippen LogP contribution in [0, 0.1) is 5.82 Å². The van der Waals surface area contributed by atoms with E-state index < -0.39 is 5.82 Å². The van der Waals surface area contributed by atoms with Crippen molar-refractivity contribution < 1.29 is 9.13 Å². The molecule has 0 saturated heterocycles. The van der Waals surface area contributed by atoms with Crippen LogP contribution in [0.1, 0.15) is 0 Å². The fraction of sp³-hybridized carbons (Fsp3) is 0. The molecule has 0 unspecified atom stereocenters. The van der Waals surface area contributed by atoms with Gasteiger partial charge < -0.3 is 10.5 Å². The van der Waals surface area contributed by atoms with Crippen LogP contribution in [0.3, 0.4) is 0 Å². The van der Waals surface area contributed by atoms with Crippen molar-refractivity contribution in [2.24, 2.45) is 0 Å². The standard InChI is InChI=1S/C14H11FN4O/c15-11-7-9(1-2-12(11)16)20-10-3-5-17-14(8-10)13-4-6-18-19-13/h1-8H,16H2,(H,18,19). The molecule has 2 heterocycles. The number of aromatic amines is 1. The fourth-order valence-electron chi connectivity index (χ4n) is 1.73. The minimum Gasteiger partial charge on any atom is -0.457 e. The molecule has 5 nitrogen and oxygen atoms in total. The maximum absolute atomic E-state index is 13.4. The lowest BCUT2D eigenvalue weighted by Gasteiger charge is -2.07. The number of benzene rings is 1. The first-order valence-corrected chi connectivity index (χ1v) is 5.91. The van der Waals surface area contributed by atoms with Crippen LogP contribution in [0.4, 0.5) is 10.1 Å². The molecular weight excluding hydrogens is 259 g/mol.